The Kier molecular flexibility index (Phi) is 5.45. The summed E-state index contributed by atoms with van der Waals surface area (Å²) in [7, 11) is 1.24. The van der Waals surface area contributed by atoms with E-state index in [9.17, 15) is 13.6 Å². The standard InChI is InChI=1S/C10H9Br2F2NO2/c1-17-8(16)2-7-5(3-11)9(10(13)14)6(12)4-15-7/h4,10H,2-3H2,1H3. The monoisotopic (exact) mass is 371 g/mol. The lowest BCUT2D eigenvalue weighted by Crippen LogP contribution is -2.10. The van der Waals surface area contributed by atoms with Gasteiger partial charge in [-0.1, -0.05) is 15.9 Å². The fourth-order valence-electron chi connectivity index (χ4n) is 1.33. The van der Waals surface area contributed by atoms with Crippen molar-refractivity contribution >= 4 is 37.8 Å². The van der Waals surface area contributed by atoms with Gasteiger partial charge in [0.1, 0.15) is 0 Å². The molecule has 0 bridgehead atoms. The van der Waals surface area contributed by atoms with Gasteiger partial charge in [-0.3, -0.25) is 9.78 Å². The second-order valence-electron chi connectivity index (χ2n) is 3.13. The van der Waals surface area contributed by atoms with Crippen molar-refractivity contribution in [2.75, 3.05) is 7.11 Å². The molecule has 0 saturated carbocycles. The Balaban J connectivity index is 3.23. The molecule has 0 N–H and O–H groups in total. The van der Waals surface area contributed by atoms with E-state index in [0.29, 0.717) is 11.3 Å². The quantitative estimate of drug-likeness (QED) is 0.600. The number of esters is 1. The first-order valence-electron chi connectivity index (χ1n) is 4.58. The van der Waals surface area contributed by atoms with Crippen LogP contribution in [0.2, 0.25) is 0 Å². The van der Waals surface area contributed by atoms with Crippen LogP contribution in [0.1, 0.15) is 23.2 Å². The van der Waals surface area contributed by atoms with E-state index in [1.54, 1.807) is 0 Å². The molecule has 0 unspecified atom stereocenters. The molecule has 0 spiro atoms. The molecule has 0 aromatic carbocycles. The van der Waals surface area contributed by atoms with Gasteiger partial charge in [-0.05, 0) is 21.5 Å². The molecule has 1 heterocycles. The molecule has 1 rings (SSSR count). The van der Waals surface area contributed by atoms with Gasteiger partial charge in [-0.15, -0.1) is 0 Å². The Morgan fingerprint density at radius 2 is 2.24 bits per heavy atom. The van der Waals surface area contributed by atoms with Crippen molar-refractivity contribution in [2.24, 2.45) is 0 Å². The first-order chi connectivity index (χ1) is 8.01. The second kappa shape index (κ2) is 6.39. The summed E-state index contributed by atoms with van der Waals surface area (Å²) >= 11 is 6.15. The maximum atomic E-state index is 12.9. The minimum Gasteiger partial charge on any atom is -0.469 e. The zero-order valence-corrected chi connectivity index (χ0v) is 12.0. The lowest BCUT2D eigenvalue weighted by atomic mass is 10.1. The van der Waals surface area contributed by atoms with Gasteiger partial charge >= 0.3 is 5.97 Å². The van der Waals surface area contributed by atoms with Crippen LogP contribution in [0.25, 0.3) is 0 Å². The van der Waals surface area contributed by atoms with Gasteiger partial charge in [-0.25, -0.2) is 8.78 Å². The summed E-state index contributed by atoms with van der Waals surface area (Å²) in [5.41, 5.74) is 0.475. The lowest BCUT2D eigenvalue weighted by Gasteiger charge is -2.12. The summed E-state index contributed by atoms with van der Waals surface area (Å²) < 4.78 is 30.5. The van der Waals surface area contributed by atoms with Crippen LogP contribution in [0.15, 0.2) is 10.7 Å². The smallest absolute Gasteiger partial charge is 0.311 e. The highest BCUT2D eigenvalue weighted by atomic mass is 79.9. The first kappa shape index (κ1) is 14.5. The van der Waals surface area contributed by atoms with E-state index >= 15 is 0 Å². The maximum Gasteiger partial charge on any atom is 0.311 e. The minimum absolute atomic E-state index is 0.121. The van der Waals surface area contributed by atoms with Crippen molar-refractivity contribution in [1.82, 2.24) is 4.98 Å². The van der Waals surface area contributed by atoms with Crippen LogP contribution in [0.5, 0.6) is 0 Å². The molecule has 1 aromatic heterocycles. The van der Waals surface area contributed by atoms with Crippen molar-refractivity contribution in [3.8, 4) is 0 Å². The van der Waals surface area contributed by atoms with Crippen molar-refractivity contribution in [2.45, 2.75) is 18.2 Å². The van der Waals surface area contributed by atoms with Gasteiger partial charge < -0.3 is 4.74 Å². The number of ether oxygens (including phenoxy) is 1. The number of rotatable bonds is 4. The normalized spacial score (nSPS) is 10.7. The van der Waals surface area contributed by atoms with Crippen LogP contribution in [0.4, 0.5) is 8.78 Å². The molecule has 0 aliphatic heterocycles. The second-order valence-corrected chi connectivity index (χ2v) is 4.55. The number of aromatic nitrogens is 1. The molecular weight excluding hydrogens is 364 g/mol. The fourth-order valence-corrected chi connectivity index (χ4v) is 2.47. The minimum atomic E-state index is -2.63. The molecular formula is C10H9Br2F2NO2. The molecule has 0 radical (unpaired) electrons. The Bertz CT molecular complexity index is 427. The first-order valence-corrected chi connectivity index (χ1v) is 6.49. The number of hydrogen-bond acceptors (Lipinski definition) is 3. The van der Waals surface area contributed by atoms with Crippen LogP contribution < -0.4 is 0 Å². The van der Waals surface area contributed by atoms with Crippen LogP contribution >= 0.6 is 31.9 Å². The van der Waals surface area contributed by atoms with Crippen LogP contribution in [-0.2, 0) is 21.3 Å². The third-order valence-electron chi connectivity index (χ3n) is 2.16. The van der Waals surface area contributed by atoms with E-state index in [1.807, 2.05) is 0 Å². The van der Waals surface area contributed by atoms with Gasteiger partial charge in [0.2, 0.25) is 0 Å². The summed E-state index contributed by atoms with van der Waals surface area (Å²) in [5, 5.41) is 0.200. The number of carbonyl (C=O) groups excluding carboxylic acids is 1. The van der Waals surface area contributed by atoms with Gasteiger partial charge in [-0.2, -0.15) is 0 Å². The molecule has 7 heteroatoms. The molecule has 0 saturated heterocycles. The third kappa shape index (κ3) is 3.45. The summed E-state index contributed by atoms with van der Waals surface area (Å²) in [6.07, 6.45) is -1.48. The Hall–Kier alpha value is -0.560. The number of hydrogen-bond donors (Lipinski definition) is 0. The summed E-state index contributed by atoms with van der Waals surface area (Å²) in [6, 6.07) is 0. The van der Waals surface area contributed by atoms with Gasteiger partial charge in [0, 0.05) is 21.6 Å². The van der Waals surface area contributed by atoms with E-state index < -0.39 is 12.4 Å². The van der Waals surface area contributed by atoms with Gasteiger partial charge in [0.25, 0.3) is 6.43 Å². The topological polar surface area (TPSA) is 39.2 Å². The molecule has 0 aliphatic rings. The van der Waals surface area contributed by atoms with Crippen molar-refractivity contribution < 1.29 is 18.3 Å². The SMILES string of the molecule is COC(=O)Cc1ncc(Br)c(C(F)F)c1CBr. The van der Waals surface area contributed by atoms with Crippen molar-refractivity contribution in [3.05, 3.63) is 27.5 Å². The average Bonchev–Trinajstić information content (AvgIpc) is 2.30. The number of halogens is 4. The zero-order valence-electron chi connectivity index (χ0n) is 8.84. The summed E-state index contributed by atoms with van der Waals surface area (Å²) in [6.45, 7) is 0. The molecule has 94 valence electrons. The molecule has 0 atom stereocenters. The maximum absolute atomic E-state index is 12.9. The van der Waals surface area contributed by atoms with Crippen molar-refractivity contribution in [1.29, 1.82) is 0 Å². The molecule has 0 amide bonds. The predicted octanol–water partition coefficient (Wildman–Crippen LogP) is 3.39. The largest absolute Gasteiger partial charge is 0.469 e. The highest BCUT2D eigenvalue weighted by molar-refractivity contribution is 9.10. The van der Waals surface area contributed by atoms with Crippen LogP contribution in [0, 0.1) is 0 Å². The Labute approximate surface area is 114 Å². The molecule has 1 aromatic rings. The lowest BCUT2D eigenvalue weighted by molar-refractivity contribution is -0.139. The fraction of sp³-hybridized carbons (Fsp3) is 0.400. The molecule has 3 nitrogen and oxygen atoms in total. The number of methoxy groups -OCH3 is 1. The number of carbonyl (C=O) groups is 1. The number of alkyl halides is 3. The Morgan fingerprint density at radius 1 is 1.59 bits per heavy atom. The van der Waals surface area contributed by atoms with E-state index in [-0.39, 0.29) is 21.8 Å². The highest BCUT2D eigenvalue weighted by Gasteiger charge is 2.21. The summed E-state index contributed by atoms with van der Waals surface area (Å²) in [4.78, 5) is 15.1. The van der Waals surface area contributed by atoms with Gasteiger partial charge in [0.05, 0.1) is 19.2 Å². The third-order valence-corrected chi connectivity index (χ3v) is 3.35. The molecule has 0 aliphatic carbocycles. The van der Waals surface area contributed by atoms with Crippen LogP contribution in [-0.4, -0.2) is 18.1 Å². The van der Waals surface area contributed by atoms with E-state index in [1.165, 1.54) is 13.3 Å². The zero-order chi connectivity index (χ0) is 13.0. The number of pyridine rings is 1. The van der Waals surface area contributed by atoms with E-state index in [4.69, 9.17) is 0 Å². The highest BCUT2D eigenvalue weighted by Crippen LogP contribution is 2.33. The van der Waals surface area contributed by atoms with E-state index in [0.717, 1.165) is 0 Å². The van der Waals surface area contributed by atoms with Crippen LogP contribution in [0.3, 0.4) is 0 Å². The van der Waals surface area contributed by atoms with Gasteiger partial charge in [0.15, 0.2) is 0 Å². The molecule has 17 heavy (non-hydrogen) atoms. The van der Waals surface area contributed by atoms with E-state index in [2.05, 4.69) is 41.6 Å². The average molecular weight is 373 g/mol. The predicted molar refractivity (Wildman–Crippen MR) is 65.2 cm³/mol. The van der Waals surface area contributed by atoms with Crippen molar-refractivity contribution in [3.63, 3.8) is 0 Å². The molecule has 0 fully saturated rings. The number of nitrogens with zero attached hydrogens (tertiary/aromatic N) is 1. The Morgan fingerprint density at radius 3 is 2.71 bits per heavy atom. The summed E-state index contributed by atoms with van der Waals surface area (Å²) in [5.74, 6) is -0.512.